The minimum absolute atomic E-state index is 0.0116. The predicted molar refractivity (Wildman–Crippen MR) is 120 cm³/mol. The van der Waals surface area contributed by atoms with Crippen LogP contribution in [0.1, 0.15) is 56.3 Å². The smallest absolute Gasteiger partial charge is 0.286 e. The summed E-state index contributed by atoms with van der Waals surface area (Å²) in [6.45, 7) is 8.08. The average molecular weight is 417 g/mol. The average Bonchev–Trinajstić information content (AvgIpc) is 2.92. The number of nitrogens with zero attached hydrogens (tertiary/aromatic N) is 4. The Morgan fingerprint density at radius 2 is 1.90 bits per heavy atom. The molecule has 2 heterocycles. The van der Waals surface area contributed by atoms with Gasteiger partial charge >= 0.3 is 0 Å². The van der Waals surface area contributed by atoms with Crippen LogP contribution in [0.15, 0.2) is 29.1 Å². The van der Waals surface area contributed by atoms with E-state index in [4.69, 9.17) is 11.6 Å². The van der Waals surface area contributed by atoms with Crippen molar-refractivity contribution in [2.75, 3.05) is 24.5 Å². The summed E-state index contributed by atoms with van der Waals surface area (Å²) < 4.78 is 3.96. The molecule has 5 nitrogen and oxygen atoms in total. The second kappa shape index (κ2) is 8.57. The summed E-state index contributed by atoms with van der Waals surface area (Å²) in [7, 11) is 2.00. The number of aryl methyl sites for hydroxylation is 1. The monoisotopic (exact) mass is 416 g/mol. The van der Waals surface area contributed by atoms with E-state index in [1.54, 1.807) is 0 Å². The minimum atomic E-state index is -0.0116. The maximum absolute atomic E-state index is 12.9. The maximum Gasteiger partial charge on any atom is 0.286 e. The second-order valence-electron chi connectivity index (χ2n) is 8.84. The number of halogens is 1. The van der Waals surface area contributed by atoms with Gasteiger partial charge in [0.05, 0.1) is 11.7 Å². The van der Waals surface area contributed by atoms with Crippen LogP contribution in [0.3, 0.4) is 0 Å². The third-order valence-electron chi connectivity index (χ3n) is 6.70. The van der Waals surface area contributed by atoms with Crippen molar-refractivity contribution >= 4 is 17.3 Å². The molecule has 0 bridgehead atoms. The van der Waals surface area contributed by atoms with E-state index in [0.29, 0.717) is 17.1 Å². The Labute approximate surface area is 178 Å². The van der Waals surface area contributed by atoms with Gasteiger partial charge in [-0.1, -0.05) is 43.0 Å². The SMILES string of the molecule is Cc1cccc(N2CCN(Cc3c(Cl)c(=O)n(C4CCCCC4)n3C)CC2C)c1. The van der Waals surface area contributed by atoms with Crippen molar-refractivity contribution in [2.45, 2.75) is 64.6 Å². The first-order valence-electron chi connectivity index (χ1n) is 11.0. The summed E-state index contributed by atoms with van der Waals surface area (Å²) in [5.41, 5.74) is 3.54. The van der Waals surface area contributed by atoms with Crippen molar-refractivity contribution in [2.24, 2.45) is 7.05 Å². The lowest BCUT2D eigenvalue weighted by Crippen LogP contribution is -2.51. The molecule has 4 rings (SSSR count). The summed E-state index contributed by atoms with van der Waals surface area (Å²) in [6.07, 6.45) is 5.85. The Morgan fingerprint density at radius 1 is 1.14 bits per heavy atom. The molecule has 1 unspecified atom stereocenters. The van der Waals surface area contributed by atoms with Gasteiger partial charge in [-0.2, -0.15) is 0 Å². The highest BCUT2D eigenvalue weighted by atomic mass is 35.5. The van der Waals surface area contributed by atoms with E-state index in [0.717, 1.165) is 44.7 Å². The molecule has 1 saturated heterocycles. The Morgan fingerprint density at radius 3 is 2.59 bits per heavy atom. The van der Waals surface area contributed by atoms with E-state index in [-0.39, 0.29) is 5.56 Å². The molecule has 29 heavy (non-hydrogen) atoms. The molecule has 158 valence electrons. The summed E-state index contributed by atoms with van der Waals surface area (Å²) in [4.78, 5) is 17.8. The van der Waals surface area contributed by atoms with Crippen molar-refractivity contribution in [1.29, 1.82) is 0 Å². The fourth-order valence-corrected chi connectivity index (χ4v) is 5.39. The zero-order chi connectivity index (χ0) is 20.5. The number of hydrogen-bond donors (Lipinski definition) is 0. The number of anilines is 1. The Kier molecular flexibility index (Phi) is 6.07. The summed E-state index contributed by atoms with van der Waals surface area (Å²) in [6, 6.07) is 9.45. The van der Waals surface area contributed by atoms with Gasteiger partial charge in [-0.3, -0.25) is 14.4 Å². The lowest BCUT2D eigenvalue weighted by molar-refractivity contribution is 0.211. The van der Waals surface area contributed by atoms with Crippen molar-refractivity contribution < 1.29 is 0 Å². The molecule has 0 spiro atoms. The first-order chi connectivity index (χ1) is 14.0. The fraction of sp³-hybridized carbons (Fsp3) is 0.609. The van der Waals surface area contributed by atoms with Crippen LogP contribution in [0.5, 0.6) is 0 Å². The molecule has 1 aliphatic heterocycles. The van der Waals surface area contributed by atoms with Gasteiger partial charge in [0.1, 0.15) is 5.02 Å². The highest BCUT2D eigenvalue weighted by Crippen LogP contribution is 2.29. The molecule has 2 fully saturated rings. The number of aromatic nitrogens is 2. The summed E-state index contributed by atoms with van der Waals surface area (Å²) in [5.74, 6) is 0. The van der Waals surface area contributed by atoms with Gasteiger partial charge < -0.3 is 4.90 Å². The Bertz CT molecular complexity index is 912. The number of piperazine rings is 1. The van der Waals surface area contributed by atoms with Crippen LogP contribution >= 0.6 is 11.6 Å². The van der Waals surface area contributed by atoms with Gasteiger partial charge in [-0.15, -0.1) is 0 Å². The normalized spacial score (nSPS) is 21.7. The van der Waals surface area contributed by atoms with Crippen molar-refractivity contribution in [3.63, 3.8) is 0 Å². The zero-order valence-corrected chi connectivity index (χ0v) is 18.7. The molecule has 0 N–H and O–H groups in total. The van der Waals surface area contributed by atoms with Crippen LogP contribution in [0.2, 0.25) is 5.02 Å². The van der Waals surface area contributed by atoms with E-state index in [1.807, 2.05) is 16.4 Å². The van der Waals surface area contributed by atoms with Crippen LogP contribution in [-0.4, -0.2) is 39.9 Å². The third kappa shape index (κ3) is 4.13. The van der Waals surface area contributed by atoms with Gasteiger partial charge in [0, 0.05) is 45.0 Å². The molecule has 6 heteroatoms. The number of hydrogen-bond acceptors (Lipinski definition) is 3. The predicted octanol–water partition coefficient (Wildman–Crippen LogP) is 4.36. The van der Waals surface area contributed by atoms with E-state index >= 15 is 0 Å². The lowest BCUT2D eigenvalue weighted by Gasteiger charge is -2.41. The van der Waals surface area contributed by atoms with Gasteiger partial charge in [0.25, 0.3) is 5.56 Å². The molecular formula is C23H33ClN4O. The van der Waals surface area contributed by atoms with Crippen LogP contribution in [-0.2, 0) is 13.6 Å². The molecular weight excluding hydrogens is 384 g/mol. The molecule has 1 aliphatic carbocycles. The quantitative estimate of drug-likeness (QED) is 0.742. The molecule has 1 atom stereocenters. The fourth-order valence-electron chi connectivity index (χ4n) is 5.12. The molecule has 1 saturated carbocycles. The zero-order valence-electron chi connectivity index (χ0n) is 17.9. The molecule has 2 aromatic rings. The van der Waals surface area contributed by atoms with Crippen LogP contribution in [0, 0.1) is 6.92 Å². The molecule has 1 aromatic carbocycles. The Hall–Kier alpha value is -1.72. The van der Waals surface area contributed by atoms with E-state index in [9.17, 15) is 4.79 Å². The summed E-state index contributed by atoms with van der Waals surface area (Å²) in [5, 5.41) is 0.409. The first-order valence-corrected chi connectivity index (χ1v) is 11.3. The first kappa shape index (κ1) is 20.5. The van der Waals surface area contributed by atoms with Gasteiger partial charge in [-0.25, -0.2) is 4.68 Å². The third-order valence-corrected chi connectivity index (χ3v) is 7.08. The van der Waals surface area contributed by atoms with Crippen LogP contribution < -0.4 is 10.5 Å². The second-order valence-corrected chi connectivity index (χ2v) is 9.22. The topological polar surface area (TPSA) is 33.4 Å². The molecule has 0 amide bonds. The van der Waals surface area contributed by atoms with Crippen molar-refractivity contribution in [3.8, 4) is 0 Å². The Balaban J connectivity index is 1.48. The van der Waals surface area contributed by atoms with E-state index in [2.05, 4.69) is 47.9 Å². The van der Waals surface area contributed by atoms with Gasteiger partial charge in [0.15, 0.2) is 0 Å². The van der Waals surface area contributed by atoms with Crippen molar-refractivity contribution in [3.05, 3.63) is 50.9 Å². The molecule has 2 aliphatic rings. The highest BCUT2D eigenvalue weighted by molar-refractivity contribution is 6.31. The van der Waals surface area contributed by atoms with E-state index in [1.165, 1.54) is 30.5 Å². The number of benzene rings is 1. The number of rotatable bonds is 4. The van der Waals surface area contributed by atoms with Crippen LogP contribution in [0.25, 0.3) is 0 Å². The van der Waals surface area contributed by atoms with Crippen molar-refractivity contribution in [1.82, 2.24) is 14.3 Å². The maximum atomic E-state index is 12.9. The van der Waals surface area contributed by atoms with Crippen LogP contribution in [0.4, 0.5) is 5.69 Å². The van der Waals surface area contributed by atoms with Gasteiger partial charge in [0.2, 0.25) is 0 Å². The highest BCUT2D eigenvalue weighted by Gasteiger charge is 2.28. The van der Waals surface area contributed by atoms with Gasteiger partial charge in [-0.05, 0) is 44.4 Å². The largest absolute Gasteiger partial charge is 0.366 e. The summed E-state index contributed by atoms with van der Waals surface area (Å²) >= 11 is 6.54. The lowest BCUT2D eigenvalue weighted by atomic mass is 9.96. The molecule has 1 aromatic heterocycles. The molecule has 0 radical (unpaired) electrons. The standard InChI is InChI=1S/C23H33ClN4O/c1-17-8-7-11-20(14-17)27-13-12-26(15-18(27)2)16-21-22(24)23(29)28(25(21)3)19-9-5-4-6-10-19/h7-8,11,14,18-19H,4-6,9-10,12-13,15-16H2,1-3H3. The van der Waals surface area contributed by atoms with E-state index < -0.39 is 0 Å². The minimum Gasteiger partial charge on any atom is -0.366 e.